The summed E-state index contributed by atoms with van der Waals surface area (Å²) >= 11 is 0. The summed E-state index contributed by atoms with van der Waals surface area (Å²) in [5.74, 6) is 0. The van der Waals surface area contributed by atoms with Gasteiger partial charge in [0.1, 0.15) is 0 Å². The molecule has 164 valence electrons. The molecular formula is C26H34N4O. The van der Waals surface area contributed by atoms with Gasteiger partial charge < -0.3 is 14.5 Å². The molecule has 1 aromatic heterocycles. The number of hydrogen-bond acceptors (Lipinski definition) is 5. The van der Waals surface area contributed by atoms with Gasteiger partial charge in [-0.1, -0.05) is 23.8 Å². The lowest BCUT2D eigenvalue weighted by atomic mass is 9.97. The maximum absolute atomic E-state index is 5.52. The topological polar surface area (TPSA) is 31.8 Å². The van der Waals surface area contributed by atoms with Gasteiger partial charge in [-0.2, -0.15) is 0 Å². The van der Waals surface area contributed by atoms with Crippen molar-refractivity contribution in [3.8, 4) is 11.3 Å². The standard InChI is InChI=1S/C26H34N4O/c1-19-20(2)27-26(22-4-6-23(7-5-22)30-10-8-28(3)9-11-30)25-17-21(16-24(19)25)18-29-12-14-31-15-13-29/h4-7,17H,8-16,18H2,1-3H3. The highest BCUT2D eigenvalue weighted by Gasteiger charge is 2.23. The molecule has 5 heteroatoms. The molecule has 5 rings (SSSR count). The van der Waals surface area contributed by atoms with Crippen molar-refractivity contribution in [3.05, 3.63) is 52.2 Å². The second-order valence-corrected chi connectivity index (χ2v) is 9.27. The van der Waals surface area contributed by atoms with Crippen LogP contribution in [-0.2, 0) is 11.2 Å². The third-order valence-corrected chi connectivity index (χ3v) is 7.15. The SMILES string of the molecule is Cc1nc(-c2ccc(N3CCN(C)CC3)cc2)c2c(c1C)CC(CN1CCOCC1)=C2. The fourth-order valence-corrected chi connectivity index (χ4v) is 5.00. The molecule has 2 aromatic rings. The molecule has 2 saturated heterocycles. The average molecular weight is 419 g/mol. The Labute approximate surface area is 186 Å². The van der Waals surface area contributed by atoms with E-state index in [-0.39, 0.29) is 0 Å². The van der Waals surface area contributed by atoms with Crippen LogP contribution in [0.4, 0.5) is 5.69 Å². The number of morpholine rings is 1. The molecule has 0 atom stereocenters. The molecule has 0 saturated carbocycles. The van der Waals surface area contributed by atoms with E-state index >= 15 is 0 Å². The van der Waals surface area contributed by atoms with Crippen LogP contribution < -0.4 is 4.90 Å². The summed E-state index contributed by atoms with van der Waals surface area (Å²) in [6.07, 6.45) is 3.46. The van der Waals surface area contributed by atoms with Crippen molar-refractivity contribution in [2.75, 3.05) is 71.0 Å². The van der Waals surface area contributed by atoms with Gasteiger partial charge in [0, 0.05) is 68.3 Å². The third kappa shape index (κ3) is 4.27. The van der Waals surface area contributed by atoms with Gasteiger partial charge >= 0.3 is 0 Å². The largest absolute Gasteiger partial charge is 0.379 e. The average Bonchev–Trinajstić information content (AvgIpc) is 3.22. The van der Waals surface area contributed by atoms with Crippen molar-refractivity contribution in [1.29, 1.82) is 0 Å². The van der Waals surface area contributed by atoms with Gasteiger partial charge in [-0.25, -0.2) is 0 Å². The van der Waals surface area contributed by atoms with Crippen LogP contribution in [0.3, 0.4) is 0 Å². The molecule has 1 aliphatic carbocycles. The number of benzene rings is 1. The summed E-state index contributed by atoms with van der Waals surface area (Å²) in [4.78, 5) is 12.5. The van der Waals surface area contributed by atoms with Crippen LogP contribution in [-0.4, -0.2) is 80.9 Å². The number of hydrogen-bond donors (Lipinski definition) is 0. The van der Waals surface area contributed by atoms with E-state index in [0.29, 0.717) is 0 Å². The first-order chi connectivity index (χ1) is 15.1. The molecule has 3 heterocycles. The number of pyridine rings is 1. The third-order valence-electron chi connectivity index (χ3n) is 7.15. The van der Waals surface area contributed by atoms with E-state index in [1.165, 1.54) is 33.5 Å². The van der Waals surface area contributed by atoms with Gasteiger partial charge in [-0.3, -0.25) is 9.88 Å². The summed E-state index contributed by atoms with van der Waals surface area (Å²) < 4.78 is 5.52. The van der Waals surface area contributed by atoms with Gasteiger partial charge in [0.05, 0.1) is 18.9 Å². The number of aromatic nitrogens is 1. The molecule has 1 aromatic carbocycles. The van der Waals surface area contributed by atoms with Gasteiger partial charge in [0.2, 0.25) is 0 Å². The number of nitrogens with zero attached hydrogens (tertiary/aromatic N) is 4. The summed E-state index contributed by atoms with van der Waals surface area (Å²) in [6.45, 7) is 13.6. The first kappa shape index (κ1) is 20.7. The highest BCUT2D eigenvalue weighted by atomic mass is 16.5. The Morgan fingerprint density at radius 3 is 2.35 bits per heavy atom. The van der Waals surface area contributed by atoms with Crippen LogP contribution in [0.2, 0.25) is 0 Å². The van der Waals surface area contributed by atoms with Gasteiger partial charge in [-0.05, 0) is 50.6 Å². The number of ether oxygens (including phenoxy) is 1. The fourth-order valence-electron chi connectivity index (χ4n) is 5.00. The molecule has 0 unspecified atom stereocenters. The first-order valence-electron chi connectivity index (χ1n) is 11.6. The van der Waals surface area contributed by atoms with Crippen molar-refractivity contribution in [3.63, 3.8) is 0 Å². The second kappa shape index (κ2) is 8.73. The van der Waals surface area contributed by atoms with Crippen molar-refractivity contribution in [2.24, 2.45) is 0 Å². The normalized spacial score (nSPS) is 20.1. The Kier molecular flexibility index (Phi) is 5.83. The van der Waals surface area contributed by atoms with E-state index < -0.39 is 0 Å². The molecule has 2 fully saturated rings. The molecule has 2 aliphatic heterocycles. The van der Waals surface area contributed by atoms with Crippen LogP contribution in [0.1, 0.15) is 22.4 Å². The number of anilines is 1. The minimum absolute atomic E-state index is 0.852. The van der Waals surface area contributed by atoms with Crippen molar-refractivity contribution < 1.29 is 4.74 Å². The summed E-state index contributed by atoms with van der Waals surface area (Å²) in [5.41, 5.74) is 10.5. The highest BCUT2D eigenvalue weighted by molar-refractivity contribution is 5.80. The number of rotatable bonds is 4. The zero-order valence-electron chi connectivity index (χ0n) is 19.2. The predicted molar refractivity (Wildman–Crippen MR) is 128 cm³/mol. The van der Waals surface area contributed by atoms with Crippen LogP contribution in [0.5, 0.6) is 0 Å². The molecule has 31 heavy (non-hydrogen) atoms. The minimum atomic E-state index is 0.852. The van der Waals surface area contributed by atoms with E-state index in [1.54, 1.807) is 0 Å². The Morgan fingerprint density at radius 2 is 1.65 bits per heavy atom. The van der Waals surface area contributed by atoms with Crippen molar-refractivity contribution in [2.45, 2.75) is 20.3 Å². The van der Waals surface area contributed by atoms with E-state index in [2.05, 4.69) is 65.9 Å². The number of likely N-dealkylation sites (N-methyl/N-ethyl adjacent to an activating group) is 1. The van der Waals surface area contributed by atoms with Crippen LogP contribution >= 0.6 is 0 Å². The molecule has 0 N–H and O–H groups in total. The first-order valence-corrected chi connectivity index (χ1v) is 11.6. The Hall–Kier alpha value is -2.21. The lowest BCUT2D eigenvalue weighted by Crippen LogP contribution is -2.44. The predicted octanol–water partition coefficient (Wildman–Crippen LogP) is 3.39. The quantitative estimate of drug-likeness (QED) is 0.760. The van der Waals surface area contributed by atoms with Gasteiger partial charge in [0.15, 0.2) is 0 Å². The Bertz CT molecular complexity index is 968. The lowest BCUT2D eigenvalue weighted by Gasteiger charge is -2.34. The van der Waals surface area contributed by atoms with Crippen LogP contribution in [0.25, 0.3) is 17.3 Å². The maximum Gasteiger partial charge on any atom is 0.0780 e. The zero-order chi connectivity index (χ0) is 21.4. The molecule has 0 amide bonds. The van der Waals surface area contributed by atoms with E-state index in [1.807, 2.05) is 0 Å². The zero-order valence-corrected chi connectivity index (χ0v) is 19.2. The molecule has 0 spiro atoms. The summed E-state index contributed by atoms with van der Waals surface area (Å²) in [7, 11) is 2.20. The van der Waals surface area contributed by atoms with Crippen molar-refractivity contribution >= 4 is 11.8 Å². The highest BCUT2D eigenvalue weighted by Crippen LogP contribution is 2.36. The number of piperazine rings is 1. The molecule has 0 bridgehead atoms. The van der Waals surface area contributed by atoms with Crippen LogP contribution in [0, 0.1) is 13.8 Å². The number of aryl methyl sites for hydroxylation is 1. The van der Waals surface area contributed by atoms with Crippen LogP contribution in [0.15, 0.2) is 29.8 Å². The second-order valence-electron chi connectivity index (χ2n) is 9.27. The Morgan fingerprint density at radius 1 is 0.935 bits per heavy atom. The Balaban J connectivity index is 1.41. The van der Waals surface area contributed by atoms with E-state index in [0.717, 1.165) is 76.8 Å². The van der Waals surface area contributed by atoms with Gasteiger partial charge in [-0.15, -0.1) is 0 Å². The van der Waals surface area contributed by atoms with E-state index in [9.17, 15) is 0 Å². The number of fused-ring (bicyclic) bond motifs is 1. The lowest BCUT2D eigenvalue weighted by molar-refractivity contribution is 0.0422. The minimum Gasteiger partial charge on any atom is -0.379 e. The van der Waals surface area contributed by atoms with E-state index in [4.69, 9.17) is 9.72 Å². The molecular weight excluding hydrogens is 384 g/mol. The summed E-state index contributed by atoms with van der Waals surface area (Å²) in [5, 5.41) is 0. The smallest absolute Gasteiger partial charge is 0.0780 e. The fraction of sp³-hybridized carbons (Fsp3) is 0.500. The monoisotopic (exact) mass is 418 g/mol. The van der Waals surface area contributed by atoms with Crippen molar-refractivity contribution in [1.82, 2.24) is 14.8 Å². The molecule has 5 nitrogen and oxygen atoms in total. The maximum atomic E-state index is 5.52. The molecule has 0 radical (unpaired) electrons. The summed E-state index contributed by atoms with van der Waals surface area (Å²) in [6, 6.07) is 9.08. The van der Waals surface area contributed by atoms with Gasteiger partial charge in [0.25, 0.3) is 0 Å². The molecule has 3 aliphatic rings.